The van der Waals surface area contributed by atoms with E-state index in [-0.39, 0.29) is 5.82 Å². The van der Waals surface area contributed by atoms with Crippen LogP contribution in [-0.4, -0.2) is 29.5 Å². The van der Waals surface area contributed by atoms with Crippen molar-refractivity contribution in [2.45, 2.75) is 32.6 Å². The van der Waals surface area contributed by atoms with Crippen LogP contribution < -0.4 is 5.76 Å². The second kappa shape index (κ2) is 8.31. The Labute approximate surface area is 164 Å². The van der Waals surface area contributed by atoms with Crippen LogP contribution in [0.1, 0.15) is 30.9 Å². The van der Waals surface area contributed by atoms with Crippen LogP contribution in [0.25, 0.3) is 11.1 Å². The number of piperidine rings is 1. The summed E-state index contributed by atoms with van der Waals surface area (Å²) in [4.78, 5) is 16.5. The summed E-state index contributed by atoms with van der Waals surface area (Å²) < 4.78 is 18.2. The van der Waals surface area contributed by atoms with Crippen molar-refractivity contribution in [1.29, 1.82) is 0 Å². The van der Waals surface area contributed by atoms with Crippen LogP contribution in [0, 0.1) is 17.7 Å². The molecule has 1 saturated heterocycles. The molecule has 2 heterocycles. The number of nitrogens with one attached hydrogen (secondary N) is 1. The number of likely N-dealkylation sites (tertiary alicyclic amines) is 1. The number of aromatic nitrogens is 1. The number of aromatic amines is 1. The maximum atomic E-state index is 13.0. The summed E-state index contributed by atoms with van der Waals surface area (Å²) in [6.45, 7) is 5.62. The molecule has 0 bridgehead atoms. The van der Waals surface area contributed by atoms with Gasteiger partial charge in [-0.15, -0.1) is 0 Å². The van der Waals surface area contributed by atoms with Crippen LogP contribution in [0.5, 0.6) is 0 Å². The highest BCUT2D eigenvalue weighted by atomic mass is 19.1. The predicted molar refractivity (Wildman–Crippen MR) is 109 cm³/mol. The number of hydrogen-bond donors (Lipinski definition) is 1. The normalized spacial score (nSPS) is 17.2. The first kappa shape index (κ1) is 18.9. The Bertz CT molecular complexity index is 968. The van der Waals surface area contributed by atoms with Crippen molar-refractivity contribution in [3.05, 3.63) is 70.0 Å². The van der Waals surface area contributed by atoms with E-state index in [9.17, 15) is 9.18 Å². The fourth-order valence-electron chi connectivity index (χ4n) is 4.35. The third kappa shape index (κ3) is 4.71. The second-order valence-corrected chi connectivity index (χ2v) is 8.23. The number of nitrogens with zero attached hydrogens (tertiary/aromatic N) is 1. The van der Waals surface area contributed by atoms with Crippen molar-refractivity contribution >= 4 is 11.1 Å². The summed E-state index contributed by atoms with van der Waals surface area (Å²) in [6, 6.07) is 12.9. The van der Waals surface area contributed by atoms with Gasteiger partial charge in [0.25, 0.3) is 0 Å². The van der Waals surface area contributed by atoms with Gasteiger partial charge in [0.2, 0.25) is 0 Å². The smallest absolute Gasteiger partial charge is 0.408 e. The monoisotopic (exact) mass is 382 g/mol. The van der Waals surface area contributed by atoms with E-state index in [2.05, 4.69) is 22.9 Å². The number of H-pyrrole nitrogens is 1. The molecule has 148 valence electrons. The second-order valence-electron chi connectivity index (χ2n) is 8.23. The molecule has 0 amide bonds. The average Bonchev–Trinajstić information content (AvgIpc) is 3.04. The van der Waals surface area contributed by atoms with Gasteiger partial charge in [-0.3, -0.25) is 4.98 Å². The van der Waals surface area contributed by atoms with Crippen molar-refractivity contribution in [2.75, 3.05) is 19.6 Å². The molecular formula is C23H27FN2O2. The number of rotatable bonds is 6. The molecule has 0 spiro atoms. The molecule has 28 heavy (non-hydrogen) atoms. The Balaban J connectivity index is 1.25. The fourth-order valence-corrected chi connectivity index (χ4v) is 4.35. The van der Waals surface area contributed by atoms with Gasteiger partial charge in [-0.1, -0.05) is 25.1 Å². The standard InChI is InChI=1S/C23H27FN2O2/c1-16(12-19-4-7-21-22(14-19)28-23(27)25-21)15-26-10-8-18(9-11-26)13-17-2-5-20(24)6-3-17/h2-7,14,16,18H,8-13,15H2,1H3,(H,25,27). The molecular weight excluding hydrogens is 355 g/mol. The lowest BCUT2D eigenvalue weighted by molar-refractivity contribution is 0.163. The van der Waals surface area contributed by atoms with E-state index in [0.717, 1.165) is 38.0 Å². The molecule has 4 rings (SSSR count). The lowest BCUT2D eigenvalue weighted by Gasteiger charge is -2.33. The first-order valence-corrected chi connectivity index (χ1v) is 10.1. The molecule has 0 aliphatic carbocycles. The van der Waals surface area contributed by atoms with Gasteiger partial charge >= 0.3 is 5.76 Å². The molecule has 1 aromatic heterocycles. The predicted octanol–water partition coefficient (Wildman–Crippen LogP) is 4.39. The van der Waals surface area contributed by atoms with Gasteiger partial charge in [0.05, 0.1) is 5.52 Å². The quantitative estimate of drug-likeness (QED) is 0.688. The zero-order valence-electron chi connectivity index (χ0n) is 16.3. The summed E-state index contributed by atoms with van der Waals surface area (Å²) in [7, 11) is 0. The molecule has 0 radical (unpaired) electrons. The molecule has 0 saturated carbocycles. The van der Waals surface area contributed by atoms with Gasteiger partial charge in [-0.25, -0.2) is 9.18 Å². The lowest BCUT2D eigenvalue weighted by atomic mass is 9.89. The van der Waals surface area contributed by atoms with Gasteiger partial charge in [0.1, 0.15) is 5.82 Å². The maximum Gasteiger partial charge on any atom is 0.417 e. The Morgan fingerprint density at radius 2 is 1.86 bits per heavy atom. The molecule has 1 N–H and O–H groups in total. The highest BCUT2D eigenvalue weighted by molar-refractivity contribution is 5.72. The van der Waals surface area contributed by atoms with E-state index in [1.807, 2.05) is 24.3 Å². The maximum absolute atomic E-state index is 13.0. The number of hydrogen-bond acceptors (Lipinski definition) is 3. The summed E-state index contributed by atoms with van der Waals surface area (Å²) >= 11 is 0. The van der Waals surface area contributed by atoms with Crippen molar-refractivity contribution < 1.29 is 8.81 Å². The average molecular weight is 382 g/mol. The zero-order chi connectivity index (χ0) is 19.5. The van der Waals surface area contributed by atoms with Crippen LogP contribution in [0.2, 0.25) is 0 Å². The van der Waals surface area contributed by atoms with Gasteiger partial charge in [0.15, 0.2) is 5.58 Å². The van der Waals surface area contributed by atoms with Gasteiger partial charge in [0, 0.05) is 6.54 Å². The highest BCUT2D eigenvalue weighted by Gasteiger charge is 2.21. The van der Waals surface area contributed by atoms with E-state index in [4.69, 9.17) is 4.42 Å². The van der Waals surface area contributed by atoms with Crippen molar-refractivity contribution in [3.8, 4) is 0 Å². The molecule has 1 unspecified atom stereocenters. The number of oxazole rings is 1. The molecule has 1 atom stereocenters. The fraction of sp³-hybridized carbons (Fsp3) is 0.435. The SMILES string of the molecule is CC(Cc1ccc2[nH]c(=O)oc2c1)CN1CCC(Cc2ccc(F)cc2)CC1. The largest absolute Gasteiger partial charge is 0.417 e. The topological polar surface area (TPSA) is 49.2 Å². The number of halogens is 1. The van der Waals surface area contributed by atoms with Crippen LogP contribution >= 0.6 is 0 Å². The molecule has 1 aliphatic heterocycles. The summed E-state index contributed by atoms with van der Waals surface area (Å²) in [5.74, 6) is 0.668. The van der Waals surface area contributed by atoms with Crippen LogP contribution in [0.4, 0.5) is 4.39 Å². The van der Waals surface area contributed by atoms with Crippen molar-refractivity contribution in [3.63, 3.8) is 0 Å². The minimum atomic E-state index is -0.399. The Kier molecular flexibility index (Phi) is 5.62. The van der Waals surface area contributed by atoms with Crippen molar-refractivity contribution in [1.82, 2.24) is 9.88 Å². The van der Waals surface area contributed by atoms with Crippen LogP contribution in [-0.2, 0) is 12.8 Å². The minimum Gasteiger partial charge on any atom is -0.408 e. The third-order valence-electron chi connectivity index (χ3n) is 5.78. The number of fused-ring (bicyclic) bond motifs is 1. The van der Waals surface area contributed by atoms with E-state index in [1.165, 1.54) is 24.0 Å². The van der Waals surface area contributed by atoms with Gasteiger partial charge < -0.3 is 9.32 Å². The molecule has 1 fully saturated rings. The highest BCUT2D eigenvalue weighted by Crippen LogP contribution is 2.23. The van der Waals surface area contributed by atoms with E-state index < -0.39 is 5.76 Å². The summed E-state index contributed by atoms with van der Waals surface area (Å²) in [5, 5.41) is 0. The zero-order valence-corrected chi connectivity index (χ0v) is 16.3. The first-order valence-electron chi connectivity index (χ1n) is 10.1. The van der Waals surface area contributed by atoms with Crippen LogP contribution in [0.3, 0.4) is 0 Å². The molecule has 3 aromatic rings. The van der Waals surface area contributed by atoms with E-state index in [0.29, 0.717) is 17.4 Å². The molecule has 2 aromatic carbocycles. The molecule has 4 nitrogen and oxygen atoms in total. The van der Waals surface area contributed by atoms with E-state index in [1.54, 1.807) is 12.1 Å². The summed E-state index contributed by atoms with van der Waals surface area (Å²) in [6.07, 6.45) is 4.42. The summed E-state index contributed by atoms with van der Waals surface area (Å²) in [5.41, 5.74) is 3.83. The van der Waals surface area contributed by atoms with Crippen molar-refractivity contribution in [2.24, 2.45) is 11.8 Å². The molecule has 5 heteroatoms. The van der Waals surface area contributed by atoms with Gasteiger partial charge in [-0.2, -0.15) is 0 Å². The minimum absolute atomic E-state index is 0.162. The number of benzene rings is 2. The van der Waals surface area contributed by atoms with Crippen LogP contribution in [0.15, 0.2) is 51.7 Å². The Hall–Kier alpha value is -2.40. The lowest BCUT2D eigenvalue weighted by Crippen LogP contribution is -2.37. The Morgan fingerprint density at radius 3 is 2.61 bits per heavy atom. The van der Waals surface area contributed by atoms with E-state index >= 15 is 0 Å². The first-order chi connectivity index (χ1) is 13.5. The Morgan fingerprint density at radius 1 is 1.14 bits per heavy atom. The molecule has 1 aliphatic rings. The van der Waals surface area contributed by atoms with Gasteiger partial charge in [-0.05, 0) is 86.0 Å². The third-order valence-corrected chi connectivity index (χ3v) is 5.78.